The van der Waals surface area contributed by atoms with Gasteiger partial charge in [0.25, 0.3) is 0 Å². The van der Waals surface area contributed by atoms with Crippen LogP contribution in [-0.2, 0) is 6.54 Å². The van der Waals surface area contributed by atoms with E-state index in [0.717, 1.165) is 23.9 Å². The fourth-order valence-corrected chi connectivity index (χ4v) is 3.00. The molecule has 2 rings (SSSR count). The molecular formula is C17H24N2. The molecule has 2 heteroatoms. The number of hydrogen-bond acceptors (Lipinski definition) is 2. The van der Waals surface area contributed by atoms with Crippen LogP contribution < -0.4 is 0 Å². The number of rotatable bonds is 3. The quantitative estimate of drug-likeness (QED) is 0.822. The van der Waals surface area contributed by atoms with Gasteiger partial charge in [0.15, 0.2) is 0 Å². The van der Waals surface area contributed by atoms with E-state index in [-0.39, 0.29) is 0 Å². The molecule has 1 aromatic rings. The molecule has 1 fully saturated rings. The Labute approximate surface area is 117 Å². The molecule has 0 aliphatic carbocycles. The first-order valence-electron chi connectivity index (χ1n) is 7.40. The van der Waals surface area contributed by atoms with Gasteiger partial charge in [-0.05, 0) is 61.9 Å². The lowest BCUT2D eigenvalue weighted by molar-refractivity contribution is 0.265. The van der Waals surface area contributed by atoms with Crippen molar-refractivity contribution in [2.75, 3.05) is 13.1 Å². The first-order valence-corrected chi connectivity index (χ1v) is 7.40. The van der Waals surface area contributed by atoms with Gasteiger partial charge >= 0.3 is 0 Å². The predicted octanol–water partition coefficient (Wildman–Crippen LogP) is 3.82. The van der Waals surface area contributed by atoms with E-state index in [1.807, 2.05) is 18.2 Å². The second-order valence-electron chi connectivity index (χ2n) is 6.02. The van der Waals surface area contributed by atoms with E-state index in [1.165, 1.54) is 37.9 Å². The molecule has 1 heterocycles. The second-order valence-corrected chi connectivity index (χ2v) is 6.02. The van der Waals surface area contributed by atoms with E-state index in [1.54, 1.807) is 0 Å². The van der Waals surface area contributed by atoms with Gasteiger partial charge < -0.3 is 0 Å². The highest BCUT2D eigenvalue weighted by Crippen LogP contribution is 2.25. The molecule has 0 radical (unpaired) electrons. The smallest absolute Gasteiger partial charge is 0.0991 e. The zero-order valence-electron chi connectivity index (χ0n) is 12.1. The Morgan fingerprint density at radius 2 is 2.16 bits per heavy atom. The van der Waals surface area contributed by atoms with Crippen molar-refractivity contribution in [3.05, 3.63) is 35.4 Å². The maximum Gasteiger partial charge on any atom is 0.0991 e. The van der Waals surface area contributed by atoms with Gasteiger partial charge in [0.2, 0.25) is 0 Å². The maximum atomic E-state index is 8.95. The highest BCUT2D eigenvalue weighted by molar-refractivity contribution is 5.32. The third-order valence-electron chi connectivity index (χ3n) is 4.27. The highest BCUT2D eigenvalue weighted by Gasteiger charge is 2.19. The van der Waals surface area contributed by atoms with Gasteiger partial charge in [0.1, 0.15) is 0 Å². The fourth-order valence-electron chi connectivity index (χ4n) is 3.00. The summed E-state index contributed by atoms with van der Waals surface area (Å²) in [6, 6.07) is 10.2. The molecular weight excluding hydrogens is 232 g/mol. The third-order valence-corrected chi connectivity index (χ3v) is 4.27. The van der Waals surface area contributed by atoms with Crippen molar-refractivity contribution in [1.82, 2.24) is 4.90 Å². The van der Waals surface area contributed by atoms with Gasteiger partial charge in [-0.25, -0.2) is 0 Å². The fraction of sp³-hybridized carbons (Fsp3) is 0.588. The molecule has 1 aromatic carbocycles. The van der Waals surface area contributed by atoms with E-state index in [9.17, 15) is 0 Å². The monoisotopic (exact) mass is 256 g/mol. The van der Waals surface area contributed by atoms with Crippen LogP contribution in [-0.4, -0.2) is 18.0 Å². The first kappa shape index (κ1) is 14.1. The van der Waals surface area contributed by atoms with Crippen LogP contribution in [0.15, 0.2) is 24.3 Å². The van der Waals surface area contributed by atoms with Gasteiger partial charge in [0, 0.05) is 6.54 Å². The van der Waals surface area contributed by atoms with E-state index < -0.39 is 0 Å². The number of hydrogen-bond donors (Lipinski definition) is 0. The van der Waals surface area contributed by atoms with Gasteiger partial charge in [-0.1, -0.05) is 26.0 Å². The summed E-state index contributed by atoms with van der Waals surface area (Å²) in [5.74, 6) is 1.69. The van der Waals surface area contributed by atoms with Crippen LogP contribution in [0.2, 0.25) is 0 Å². The number of benzene rings is 1. The van der Waals surface area contributed by atoms with Gasteiger partial charge in [-0.3, -0.25) is 4.90 Å². The normalized spacial score (nSPS) is 21.1. The molecule has 1 aliphatic rings. The minimum absolute atomic E-state index is 0.771. The number of nitriles is 1. The van der Waals surface area contributed by atoms with Gasteiger partial charge in [-0.2, -0.15) is 5.26 Å². The van der Waals surface area contributed by atoms with Crippen molar-refractivity contribution in [3.8, 4) is 6.07 Å². The lowest BCUT2D eigenvalue weighted by Gasteiger charge is -2.21. The lowest BCUT2D eigenvalue weighted by atomic mass is 9.89. The van der Waals surface area contributed by atoms with E-state index in [0.29, 0.717) is 0 Å². The molecule has 102 valence electrons. The Bertz CT molecular complexity index is 445. The van der Waals surface area contributed by atoms with Crippen molar-refractivity contribution < 1.29 is 0 Å². The lowest BCUT2D eigenvalue weighted by Crippen LogP contribution is -2.24. The van der Waals surface area contributed by atoms with Crippen molar-refractivity contribution in [2.45, 2.75) is 39.7 Å². The Hall–Kier alpha value is -1.33. The Balaban J connectivity index is 1.94. The molecule has 0 N–H and O–H groups in total. The van der Waals surface area contributed by atoms with Crippen LogP contribution in [0.25, 0.3) is 0 Å². The van der Waals surface area contributed by atoms with E-state index >= 15 is 0 Å². The molecule has 0 aromatic heterocycles. The van der Waals surface area contributed by atoms with Crippen molar-refractivity contribution in [2.24, 2.45) is 11.8 Å². The summed E-state index contributed by atoms with van der Waals surface area (Å²) >= 11 is 0. The molecule has 1 aliphatic heterocycles. The summed E-state index contributed by atoms with van der Waals surface area (Å²) in [6.07, 6.45) is 3.99. The average molecular weight is 256 g/mol. The predicted molar refractivity (Wildman–Crippen MR) is 78.6 cm³/mol. The molecule has 1 unspecified atom stereocenters. The molecule has 0 bridgehead atoms. The van der Waals surface area contributed by atoms with Crippen molar-refractivity contribution in [1.29, 1.82) is 5.26 Å². The highest BCUT2D eigenvalue weighted by atomic mass is 15.1. The van der Waals surface area contributed by atoms with Crippen molar-refractivity contribution in [3.63, 3.8) is 0 Å². The van der Waals surface area contributed by atoms with E-state index in [2.05, 4.69) is 30.9 Å². The van der Waals surface area contributed by atoms with E-state index in [4.69, 9.17) is 5.26 Å². The minimum atomic E-state index is 0.771. The molecule has 19 heavy (non-hydrogen) atoms. The van der Waals surface area contributed by atoms with Crippen LogP contribution in [0, 0.1) is 23.2 Å². The molecule has 0 amide bonds. The second kappa shape index (κ2) is 6.73. The number of likely N-dealkylation sites (tertiary alicyclic amines) is 1. The van der Waals surface area contributed by atoms with Gasteiger partial charge in [-0.15, -0.1) is 0 Å². The molecule has 1 saturated heterocycles. The summed E-state index contributed by atoms with van der Waals surface area (Å²) in [5.41, 5.74) is 2.04. The Morgan fingerprint density at radius 1 is 1.32 bits per heavy atom. The summed E-state index contributed by atoms with van der Waals surface area (Å²) in [4.78, 5) is 2.54. The first-order chi connectivity index (χ1) is 9.19. The molecule has 1 atom stereocenters. The van der Waals surface area contributed by atoms with Crippen LogP contribution in [0.5, 0.6) is 0 Å². The van der Waals surface area contributed by atoms with Crippen LogP contribution in [0.1, 0.15) is 44.2 Å². The van der Waals surface area contributed by atoms with Crippen LogP contribution in [0.3, 0.4) is 0 Å². The van der Waals surface area contributed by atoms with Gasteiger partial charge in [0.05, 0.1) is 11.6 Å². The maximum absolute atomic E-state index is 8.95. The SMILES string of the molecule is CC(C)C1CCCN(Cc2cccc(C#N)c2)CC1. The summed E-state index contributed by atoms with van der Waals surface area (Å²) < 4.78 is 0. The summed E-state index contributed by atoms with van der Waals surface area (Å²) in [6.45, 7) is 8.06. The average Bonchev–Trinajstić information content (AvgIpc) is 2.65. The summed E-state index contributed by atoms with van der Waals surface area (Å²) in [5, 5.41) is 8.95. The molecule has 0 saturated carbocycles. The topological polar surface area (TPSA) is 27.0 Å². The largest absolute Gasteiger partial charge is 0.299 e. The van der Waals surface area contributed by atoms with Crippen LogP contribution in [0.4, 0.5) is 0 Å². The van der Waals surface area contributed by atoms with Crippen molar-refractivity contribution >= 4 is 0 Å². The molecule has 0 spiro atoms. The van der Waals surface area contributed by atoms with Crippen LogP contribution >= 0.6 is 0 Å². The Morgan fingerprint density at radius 3 is 2.89 bits per heavy atom. The minimum Gasteiger partial charge on any atom is -0.299 e. The zero-order valence-corrected chi connectivity index (χ0v) is 12.1. The molecule has 2 nitrogen and oxygen atoms in total. The third kappa shape index (κ3) is 4.08. The summed E-state index contributed by atoms with van der Waals surface area (Å²) in [7, 11) is 0. The Kier molecular flexibility index (Phi) is 4.99. The zero-order chi connectivity index (χ0) is 13.7. The number of nitrogens with zero attached hydrogens (tertiary/aromatic N) is 2. The standard InChI is InChI=1S/C17H24N2/c1-14(2)17-7-4-9-19(10-8-17)13-16-6-3-5-15(11-16)12-18/h3,5-6,11,14,17H,4,7-10,13H2,1-2H3.